The smallest absolute Gasteiger partial charge is 0.423 e. The zero-order valence-electron chi connectivity index (χ0n) is 10.2. The number of nitrogens with one attached hydrogen (secondary N) is 1. The second-order valence-corrected chi connectivity index (χ2v) is 4.94. The maximum Gasteiger partial charge on any atom is 0.491 e. The minimum atomic E-state index is -0.832. The van der Waals surface area contributed by atoms with E-state index >= 15 is 0 Å². The van der Waals surface area contributed by atoms with Crippen molar-refractivity contribution in [3.8, 4) is 0 Å². The maximum absolute atomic E-state index is 9.73. The van der Waals surface area contributed by atoms with E-state index in [2.05, 4.69) is 20.6 Å². The van der Waals surface area contributed by atoms with Gasteiger partial charge in [-0.2, -0.15) is 5.21 Å². The third-order valence-electron chi connectivity index (χ3n) is 3.43. The van der Waals surface area contributed by atoms with Crippen LogP contribution in [0.1, 0.15) is 30.8 Å². The first-order chi connectivity index (χ1) is 8.59. The van der Waals surface area contributed by atoms with Crippen LogP contribution in [0.2, 0.25) is 0 Å². The molecule has 1 aliphatic heterocycles. The first-order valence-electron chi connectivity index (χ1n) is 5.76. The Morgan fingerprint density at radius 1 is 1.44 bits per heavy atom. The van der Waals surface area contributed by atoms with Crippen LogP contribution in [0.4, 0.5) is 0 Å². The SMILES string of the molecule is CC(C)(c1ccc2c(c1)B(O)OC2)c1nn[nH]n1. The highest BCUT2D eigenvalue weighted by Gasteiger charge is 2.32. The van der Waals surface area contributed by atoms with Crippen molar-refractivity contribution < 1.29 is 9.68 Å². The summed E-state index contributed by atoms with van der Waals surface area (Å²) < 4.78 is 5.19. The third-order valence-corrected chi connectivity index (χ3v) is 3.43. The van der Waals surface area contributed by atoms with E-state index in [1.165, 1.54) is 0 Å². The topological polar surface area (TPSA) is 83.9 Å². The number of benzene rings is 1. The lowest BCUT2D eigenvalue weighted by Crippen LogP contribution is -2.30. The Kier molecular flexibility index (Phi) is 2.46. The van der Waals surface area contributed by atoms with Crippen LogP contribution in [0.25, 0.3) is 0 Å². The Morgan fingerprint density at radius 2 is 2.28 bits per heavy atom. The van der Waals surface area contributed by atoms with E-state index in [0.717, 1.165) is 16.6 Å². The zero-order chi connectivity index (χ0) is 12.8. The summed E-state index contributed by atoms with van der Waals surface area (Å²) in [5, 5.41) is 23.9. The van der Waals surface area contributed by atoms with Gasteiger partial charge in [-0.3, -0.25) is 0 Å². The number of H-pyrrole nitrogens is 1. The van der Waals surface area contributed by atoms with Gasteiger partial charge in [-0.1, -0.05) is 23.4 Å². The number of hydrogen-bond acceptors (Lipinski definition) is 5. The second-order valence-electron chi connectivity index (χ2n) is 4.94. The molecule has 18 heavy (non-hydrogen) atoms. The summed E-state index contributed by atoms with van der Waals surface area (Å²) in [7, 11) is -0.832. The number of rotatable bonds is 2. The molecule has 1 aromatic heterocycles. The molecule has 92 valence electrons. The third kappa shape index (κ3) is 1.63. The van der Waals surface area contributed by atoms with Crippen molar-refractivity contribution in [2.24, 2.45) is 0 Å². The molecular formula is C11H13BN4O2. The molecule has 0 radical (unpaired) electrons. The Balaban J connectivity index is 2.05. The van der Waals surface area contributed by atoms with E-state index in [-0.39, 0.29) is 5.41 Å². The molecule has 0 saturated carbocycles. The average molecular weight is 244 g/mol. The van der Waals surface area contributed by atoms with Crippen molar-refractivity contribution in [3.63, 3.8) is 0 Å². The lowest BCUT2D eigenvalue weighted by molar-refractivity contribution is 0.275. The summed E-state index contributed by atoms with van der Waals surface area (Å²) in [6.45, 7) is 4.49. The van der Waals surface area contributed by atoms with Gasteiger partial charge in [0.2, 0.25) is 0 Å². The molecule has 6 nitrogen and oxygen atoms in total. The molecule has 0 amide bonds. The first kappa shape index (κ1) is 11.4. The van der Waals surface area contributed by atoms with Crippen LogP contribution in [0.15, 0.2) is 18.2 Å². The Labute approximate surface area is 105 Å². The molecule has 2 aromatic rings. The Morgan fingerprint density at radius 3 is 3.00 bits per heavy atom. The number of nitrogens with zero attached hydrogens (tertiary/aromatic N) is 3. The normalized spacial score (nSPS) is 14.9. The van der Waals surface area contributed by atoms with Crippen LogP contribution in [0.3, 0.4) is 0 Å². The van der Waals surface area contributed by atoms with Gasteiger partial charge in [0.1, 0.15) is 0 Å². The van der Waals surface area contributed by atoms with E-state index in [1.807, 2.05) is 32.0 Å². The van der Waals surface area contributed by atoms with Crippen molar-refractivity contribution in [1.29, 1.82) is 0 Å². The van der Waals surface area contributed by atoms with Gasteiger partial charge >= 0.3 is 7.12 Å². The quantitative estimate of drug-likeness (QED) is 0.711. The maximum atomic E-state index is 9.73. The van der Waals surface area contributed by atoms with Gasteiger partial charge in [-0.25, -0.2) is 0 Å². The minimum absolute atomic E-state index is 0.371. The van der Waals surface area contributed by atoms with Crippen molar-refractivity contribution in [3.05, 3.63) is 35.2 Å². The van der Waals surface area contributed by atoms with Crippen LogP contribution in [-0.4, -0.2) is 32.8 Å². The van der Waals surface area contributed by atoms with Crippen molar-refractivity contribution in [2.75, 3.05) is 0 Å². The fraction of sp³-hybridized carbons (Fsp3) is 0.364. The van der Waals surface area contributed by atoms with Gasteiger partial charge in [-0.15, -0.1) is 10.2 Å². The Hall–Kier alpha value is -1.73. The van der Waals surface area contributed by atoms with Crippen LogP contribution in [0.5, 0.6) is 0 Å². The van der Waals surface area contributed by atoms with Gasteiger partial charge < -0.3 is 9.68 Å². The number of tetrazole rings is 1. The molecule has 0 aliphatic carbocycles. The highest BCUT2D eigenvalue weighted by Crippen LogP contribution is 2.28. The monoisotopic (exact) mass is 244 g/mol. The van der Waals surface area contributed by atoms with Crippen LogP contribution in [0, 0.1) is 0 Å². The summed E-state index contributed by atoms with van der Waals surface area (Å²) >= 11 is 0. The molecule has 3 rings (SSSR count). The Bertz CT molecular complexity index is 570. The highest BCUT2D eigenvalue weighted by molar-refractivity contribution is 6.61. The summed E-state index contributed by atoms with van der Waals surface area (Å²) in [4.78, 5) is 0. The number of fused-ring (bicyclic) bond motifs is 1. The van der Waals surface area contributed by atoms with E-state index in [1.54, 1.807) is 0 Å². The standard InChI is InChI=1S/C11H13BN4O2/c1-11(2,10-13-15-16-14-10)8-4-3-7-6-18-12(17)9(7)5-8/h3-5,17H,6H2,1-2H3,(H,13,14,15,16). The molecule has 0 unspecified atom stereocenters. The molecule has 0 spiro atoms. The van der Waals surface area contributed by atoms with E-state index in [0.29, 0.717) is 12.4 Å². The fourth-order valence-electron chi connectivity index (χ4n) is 2.16. The molecule has 7 heteroatoms. The van der Waals surface area contributed by atoms with Gasteiger partial charge in [0.15, 0.2) is 5.82 Å². The summed E-state index contributed by atoms with van der Waals surface area (Å²) in [6.07, 6.45) is 0. The summed E-state index contributed by atoms with van der Waals surface area (Å²) in [6, 6.07) is 5.93. The predicted molar refractivity (Wildman–Crippen MR) is 65.1 cm³/mol. The van der Waals surface area contributed by atoms with Crippen LogP contribution in [-0.2, 0) is 16.7 Å². The van der Waals surface area contributed by atoms with E-state index in [9.17, 15) is 5.02 Å². The molecule has 0 bridgehead atoms. The first-order valence-corrected chi connectivity index (χ1v) is 5.76. The van der Waals surface area contributed by atoms with Crippen molar-refractivity contribution in [2.45, 2.75) is 25.9 Å². The number of hydrogen-bond donors (Lipinski definition) is 2. The largest absolute Gasteiger partial charge is 0.491 e. The fourth-order valence-corrected chi connectivity index (χ4v) is 2.16. The number of aromatic nitrogens is 4. The molecule has 0 fully saturated rings. The molecule has 1 aromatic carbocycles. The summed E-state index contributed by atoms with van der Waals surface area (Å²) in [5.41, 5.74) is 2.50. The molecule has 2 N–H and O–H groups in total. The average Bonchev–Trinajstić information content (AvgIpc) is 2.99. The number of aromatic amines is 1. The van der Waals surface area contributed by atoms with Crippen LogP contribution >= 0.6 is 0 Å². The second kappa shape index (κ2) is 3.89. The molecular weight excluding hydrogens is 231 g/mol. The molecule has 0 atom stereocenters. The molecule has 2 heterocycles. The zero-order valence-corrected chi connectivity index (χ0v) is 10.2. The van der Waals surface area contributed by atoms with Gasteiger partial charge in [0.05, 0.1) is 12.0 Å². The summed E-state index contributed by atoms with van der Waals surface area (Å²) in [5.74, 6) is 0.621. The highest BCUT2D eigenvalue weighted by atomic mass is 16.5. The molecule has 1 aliphatic rings. The van der Waals surface area contributed by atoms with Gasteiger partial charge in [0.25, 0.3) is 0 Å². The molecule has 0 saturated heterocycles. The lowest BCUT2D eigenvalue weighted by atomic mass is 9.74. The van der Waals surface area contributed by atoms with Gasteiger partial charge in [0, 0.05) is 0 Å². The minimum Gasteiger partial charge on any atom is -0.423 e. The van der Waals surface area contributed by atoms with E-state index < -0.39 is 7.12 Å². The van der Waals surface area contributed by atoms with E-state index in [4.69, 9.17) is 4.65 Å². The van der Waals surface area contributed by atoms with Crippen LogP contribution < -0.4 is 5.46 Å². The van der Waals surface area contributed by atoms with Gasteiger partial charge in [-0.05, 0) is 30.4 Å². The van der Waals surface area contributed by atoms with Crippen molar-refractivity contribution in [1.82, 2.24) is 20.6 Å². The predicted octanol–water partition coefficient (Wildman–Crippen LogP) is -0.257. The lowest BCUT2D eigenvalue weighted by Gasteiger charge is -2.21. The van der Waals surface area contributed by atoms with Crippen molar-refractivity contribution >= 4 is 12.6 Å².